The van der Waals surface area contributed by atoms with Crippen LogP contribution in [-0.2, 0) is 11.3 Å². The fraction of sp³-hybridized carbons (Fsp3) is 0.0769. The van der Waals surface area contributed by atoms with E-state index in [-0.39, 0.29) is 18.1 Å². The van der Waals surface area contributed by atoms with E-state index in [1.807, 2.05) is 0 Å². The van der Waals surface area contributed by atoms with Crippen molar-refractivity contribution in [2.75, 3.05) is 5.73 Å². The number of nitrogen functional groups attached to an aromatic ring is 1. The van der Waals surface area contributed by atoms with Gasteiger partial charge in [-0.25, -0.2) is 14.2 Å². The molecule has 0 unspecified atom stereocenters. The molecule has 1 aromatic carbocycles. The number of carbonyl (C=O) groups excluding carboxylic acids is 1. The number of halogens is 1. The van der Waals surface area contributed by atoms with E-state index in [9.17, 15) is 9.18 Å². The van der Waals surface area contributed by atoms with Gasteiger partial charge >= 0.3 is 5.97 Å². The van der Waals surface area contributed by atoms with Crippen LogP contribution in [0.25, 0.3) is 0 Å². The molecule has 5 heteroatoms. The van der Waals surface area contributed by atoms with E-state index in [1.54, 1.807) is 30.3 Å². The molecule has 0 atom stereocenters. The molecule has 4 nitrogen and oxygen atoms in total. The van der Waals surface area contributed by atoms with E-state index in [0.717, 1.165) is 0 Å². The summed E-state index contributed by atoms with van der Waals surface area (Å²) >= 11 is 0. The molecule has 0 bridgehead atoms. The van der Waals surface area contributed by atoms with Gasteiger partial charge in [-0.3, -0.25) is 0 Å². The largest absolute Gasteiger partial charge is 0.456 e. The van der Waals surface area contributed by atoms with Crippen LogP contribution in [0, 0.1) is 5.82 Å². The molecule has 0 spiro atoms. The normalized spacial score (nSPS) is 10.1. The Kier molecular flexibility index (Phi) is 3.52. The van der Waals surface area contributed by atoms with Crippen molar-refractivity contribution in [2.45, 2.75) is 6.61 Å². The molecular weight excluding hydrogens is 235 g/mol. The van der Waals surface area contributed by atoms with Gasteiger partial charge in [-0.15, -0.1) is 0 Å². The molecular formula is C13H11FN2O2. The number of esters is 1. The minimum atomic E-state index is -0.634. The Morgan fingerprint density at radius 1 is 1.22 bits per heavy atom. The maximum Gasteiger partial charge on any atom is 0.357 e. The molecule has 0 aliphatic rings. The average Bonchev–Trinajstić information content (AvgIpc) is 2.37. The lowest BCUT2D eigenvalue weighted by Crippen LogP contribution is -2.09. The lowest BCUT2D eigenvalue weighted by Gasteiger charge is -2.05. The lowest BCUT2D eigenvalue weighted by atomic mass is 10.2. The SMILES string of the molecule is Nc1cccc(C(=O)OCc2ccccc2F)n1. The third kappa shape index (κ3) is 2.82. The molecule has 0 aliphatic heterocycles. The Bertz CT molecular complexity index is 572. The zero-order valence-electron chi connectivity index (χ0n) is 9.47. The number of hydrogen-bond acceptors (Lipinski definition) is 4. The first-order valence-electron chi connectivity index (χ1n) is 5.30. The summed E-state index contributed by atoms with van der Waals surface area (Å²) in [5, 5.41) is 0. The first-order valence-corrected chi connectivity index (χ1v) is 5.30. The molecule has 2 N–H and O–H groups in total. The number of anilines is 1. The maximum absolute atomic E-state index is 13.3. The summed E-state index contributed by atoms with van der Waals surface area (Å²) in [6, 6.07) is 10.7. The second kappa shape index (κ2) is 5.27. The van der Waals surface area contributed by atoms with Gasteiger partial charge in [0.2, 0.25) is 0 Å². The van der Waals surface area contributed by atoms with E-state index in [2.05, 4.69) is 4.98 Å². The van der Waals surface area contributed by atoms with Crippen LogP contribution < -0.4 is 5.73 Å². The third-order valence-electron chi connectivity index (χ3n) is 2.30. The van der Waals surface area contributed by atoms with Crippen LogP contribution in [0.15, 0.2) is 42.5 Å². The predicted molar refractivity (Wildman–Crippen MR) is 64.2 cm³/mol. The van der Waals surface area contributed by atoms with Crippen LogP contribution in [0.4, 0.5) is 10.2 Å². The molecule has 2 aromatic rings. The van der Waals surface area contributed by atoms with Crippen LogP contribution in [0.3, 0.4) is 0 Å². The molecule has 92 valence electrons. The fourth-order valence-electron chi connectivity index (χ4n) is 1.40. The standard InChI is InChI=1S/C13H11FN2O2/c14-10-5-2-1-4-9(10)8-18-13(17)11-6-3-7-12(15)16-11/h1-7H,8H2,(H2,15,16). The Balaban J connectivity index is 2.03. The minimum Gasteiger partial charge on any atom is -0.456 e. The maximum atomic E-state index is 13.3. The van der Waals surface area contributed by atoms with E-state index in [1.165, 1.54) is 12.1 Å². The monoisotopic (exact) mass is 246 g/mol. The van der Waals surface area contributed by atoms with E-state index >= 15 is 0 Å². The van der Waals surface area contributed by atoms with Crippen LogP contribution >= 0.6 is 0 Å². The van der Waals surface area contributed by atoms with Gasteiger partial charge in [0.15, 0.2) is 5.69 Å². The topological polar surface area (TPSA) is 65.2 Å². The van der Waals surface area contributed by atoms with Gasteiger partial charge in [-0.2, -0.15) is 0 Å². The molecule has 0 saturated heterocycles. The molecule has 18 heavy (non-hydrogen) atoms. The highest BCUT2D eigenvalue weighted by molar-refractivity contribution is 5.87. The molecule has 1 heterocycles. The quantitative estimate of drug-likeness (QED) is 0.843. The summed E-state index contributed by atoms with van der Waals surface area (Å²) in [7, 11) is 0. The Morgan fingerprint density at radius 2 is 2.00 bits per heavy atom. The van der Waals surface area contributed by atoms with Crippen molar-refractivity contribution < 1.29 is 13.9 Å². The van der Waals surface area contributed by atoms with Gasteiger partial charge in [-0.05, 0) is 18.2 Å². The van der Waals surface area contributed by atoms with Gasteiger partial charge in [0.25, 0.3) is 0 Å². The first kappa shape index (κ1) is 12.0. The molecule has 0 aliphatic carbocycles. The van der Waals surface area contributed by atoms with Gasteiger partial charge in [0.1, 0.15) is 18.2 Å². The fourth-order valence-corrected chi connectivity index (χ4v) is 1.40. The van der Waals surface area contributed by atoms with Gasteiger partial charge < -0.3 is 10.5 Å². The Labute approximate surface area is 103 Å². The summed E-state index contributed by atoms with van der Waals surface area (Å²) in [5.41, 5.74) is 5.87. The number of pyridine rings is 1. The van der Waals surface area contributed by atoms with Crippen molar-refractivity contribution >= 4 is 11.8 Å². The summed E-state index contributed by atoms with van der Waals surface area (Å²) in [4.78, 5) is 15.4. The Hall–Kier alpha value is -2.43. The van der Waals surface area contributed by atoms with Crippen molar-refractivity contribution in [3.05, 3.63) is 59.5 Å². The third-order valence-corrected chi connectivity index (χ3v) is 2.30. The van der Waals surface area contributed by atoms with Crippen LogP contribution in [0.1, 0.15) is 16.1 Å². The predicted octanol–water partition coefficient (Wildman–Crippen LogP) is 2.16. The van der Waals surface area contributed by atoms with E-state index in [0.29, 0.717) is 5.56 Å². The lowest BCUT2D eigenvalue weighted by molar-refractivity contribution is 0.0462. The highest BCUT2D eigenvalue weighted by atomic mass is 19.1. The Morgan fingerprint density at radius 3 is 2.72 bits per heavy atom. The van der Waals surface area contributed by atoms with Crippen LogP contribution in [0.5, 0.6) is 0 Å². The summed E-state index contributed by atoms with van der Waals surface area (Å²) in [6.07, 6.45) is 0. The molecule has 0 radical (unpaired) electrons. The van der Waals surface area contributed by atoms with Gasteiger partial charge in [-0.1, -0.05) is 24.3 Å². The smallest absolute Gasteiger partial charge is 0.357 e. The van der Waals surface area contributed by atoms with Gasteiger partial charge in [0.05, 0.1) is 0 Å². The molecule has 2 rings (SSSR count). The zero-order valence-corrected chi connectivity index (χ0v) is 9.47. The van der Waals surface area contributed by atoms with Crippen molar-refractivity contribution in [2.24, 2.45) is 0 Å². The summed E-state index contributed by atoms with van der Waals surface area (Å²) in [5.74, 6) is -0.813. The van der Waals surface area contributed by atoms with Crippen molar-refractivity contribution in [1.82, 2.24) is 4.98 Å². The first-order chi connectivity index (χ1) is 8.66. The number of nitrogens with zero attached hydrogens (tertiary/aromatic N) is 1. The van der Waals surface area contributed by atoms with Gasteiger partial charge in [0, 0.05) is 5.56 Å². The van der Waals surface area contributed by atoms with E-state index in [4.69, 9.17) is 10.5 Å². The number of rotatable bonds is 3. The van der Waals surface area contributed by atoms with Crippen LogP contribution in [0.2, 0.25) is 0 Å². The summed E-state index contributed by atoms with van der Waals surface area (Å²) < 4.78 is 18.2. The van der Waals surface area contributed by atoms with Crippen LogP contribution in [-0.4, -0.2) is 11.0 Å². The number of carbonyl (C=O) groups is 1. The minimum absolute atomic E-state index is 0.103. The highest BCUT2D eigenvalue weighted by Gasteiger charge is 2.10. The molecule has 0 amide bonds. The zero-order chi connectivity index (χ0) is 13.0. The average molecular weight is 246 g/mol. The second-order valence-corrected chi connectivity index (χ2v) is 3.62. The van der Waals surface area contributed by atoms with Crippen molar-refractivity contribution in [3.8, 4) is 0 Å². The molecule has 0 fully saturated rings. The number of ether oxygens (including phenoxy) is 1. The highest BCUT2D eigenvalue weighted by Crippen LogP contribution is 2.09. The van der Waals surface area contributed by atoms with E-state index < -0.39 is 11.8 Å². The van der Waals surface area contributed by atoms with Crippen molar-refractivity contribution in [3.63, 3.8) is 0 Å². The van der Waals surface area contributed by atoms with Crippen molar-refractivity contribution in [1.29, 1.82) is 0 Å². The summed E-state index contributed by atoms with van der Waals surface area (Å²) in [6.45, 7) is -0.137. The number of hydrogen-bond donors (Lipinski definition) is 1. The molecule has 1 aromatic heterocycles. The molecule has 0 saturated carbocycles. The second-order valence-electron chi connectivity index (χ2n) is 3.62. The number of nitrogens with two attached hydrogens (primary N) is 1. The number of benzene rings is 1. The number of aromatic nitrogens is 1.